The molecule has 108 valence electrons. The third-order valence-corrected chi connectivity index (χ3v) is 3.00. The van der Waals surface area contributed by atoms with Crippen LogP contribution in [-0.2, 0) is 0 Å². The van der Waals surface area contributed by atoms with Gasteiger partial charge in [0.1, 0.15) is 17.1 Å². The molecule has 3 N–H and O–H groups in total. The van der Waals surface area contributed by atoms with Gasteiger partial charge in [0, 0.05) is 0 Å². The highest BCUT2D eigenvalue weighted by Gasteiger charge is 2.19. The van der Waals surface area contributed by atoms with Crippen molar-refractivity contribution in [3.63, 3.8) is 0 Å². The second-order valence-corrected chi connectivity index (χ2v) is 4.49. The monoisotopic (exact) mass is 309 g/mol. The Morgan fingerprint density at radius 1 is 1.19 bits per heavy atom. The Labute approximate surface area is 123 Å². The van der Waals surface area contributed by atoms with Crippen LogP contribution in [0.1, 0.15) is 20.7 Å². The van der Waals surface area contributed by atoms with Crippen LogP contribution in [0.2, 0.25) is 5.02 Å². The molecule has 0 spiro atoms. The number of phenols is 1. The molecule has 0 aromatic heterocycles. The fraction of sp³-hybridized carbons (Fsp3) is 0. The summed E-state index contributed by atoms with van der Waals surface area (Å²) in [6.45, 7) is 0. The van der Waals surface area contributed by atoms with E-state index in [2.05, 4.69) is 5.32 Å². The highest BCUT2D eigenvalue weighted by atomic mass is 35.5. The van der Waals surface area contributed by atoms with Crippen molar-refractivity contribution in [2.45, 2.75) is 0 Å². The molecular formula is C14H9ClFNO4. The molecular weight excluding hydrogens is 301 g/mol. The summed E-state index contributed by atoms with van der Waals surface area (Å²) >= 11 is 5.83. The maximum absolute atomic E-state index is 13.5. The van der Waals surface area contributed by atoms with Crippen LogP contribution in [0.15, 0.2) is 36.4 Å². The Kier molecular flexibility index (Phi) is 4.09. The van der Waals surface area contributed by atoms with Crippen LogP contribution in [0.4, 0.5) is 10.1 Å². The Morgan fingerprint density at radius 3 is 2.57 bits per heavy atom. The second kappa shape index (κ2) is 5.80. The van der Waals surface area contributed by atoms with Gasteiger partial charge in [-0.05, 0) is 30.3 Å². The summed E-state index contributed by atoms with van der Waals surface area (Å²) in [5.41, 5.74) is -0.911. The molecule has 5 nitrogen and oxygen atoms in total. The number of carbonyl (C=O) groups is 2. The third kappa shape index (κ3) is 3.11. The molecule has 0 aliphatic heterocycles. The fourth-order valence-electron chi connectivity index (χ4n) is 1.72. The zero-order valence-electron chi connectivity index (χ0n) is 10.4. The molecule has 0 radical (unpaired) electrons. The van der Waals surface area contributed by atoms with Crippen LogP contribution in [0.5, 0.6) is 5.75 Å². The van der Waals surface area contributed by atoms with Crippen molar-refractivity contribution in [1.82, 2.24) is 0 Å². The summed E-state index contributed by atoms with van der Waals surface area (Å²) < 4.78 is 13.5. The molecule has 0 saturated heterocycles. The summed E-state index contributed by atoms with van der Waals surface area (Å²) in [5.74, 6) is -3.42. The zero-order chi connectivity index (χ0) is 15.6. The summed E-state index contributed by atoms with van der Waals surface area (Å²) in [4.78, 5) is 23.1. The lowest BCUT2D eigenvalue weighted by Crippen LogP contribution is -2.16. The molecule has 2 aromatic carbocycles. The van der Waals surface area contributed by atoms with E-state index in [1.54, 1.807) is 0 Å². The van der Waals surface area contributed by atoms with E-state index in [4.69, 9.17) is 16.7 Å². The SMILES string of the molecule is O=C(Nc1cccc(F)c1C(=O)O)c1cc(O)ccc1Cl. The molecule has 0 bridgehead atoms. The molecule has 0 heterocycles. The maximum atomic E-state index is 13.5. The van der Waals surface area contributed by atoms with Crippen molar-refractivity contribution in [1.29, 1.82) is 0 Å². The van der Waals surface area contributed by atoms with Gasteiger partial charge in [-0.15, -0.1) is 0 Å². The van der Waals surface area contributed by atoms with Gasteiger partial charge in [-0.1, -0.05) is 17.7 Å². The first-order valence-corrected chi connectivity index (χ1v) is 6.09. The van der Waals surface area contributed by atoms with Crippen molar-refractivity contribution in [2.24, 2.45) is 0 Å². The lowest BCUT2D eigenvalue weighted by molar-refractivity contribution is 0.0693. The van der Waals surface area contributed by atoms with Gasteiger partial charge in [-0.2, -0.15) is 0 Å². The first-order valence-electron chi connectivity index (χ1n) is 5.72. The molecule has 2 rings (SSSR count). The fourth-order valence-corrected chi connectivity index (χ4v) is 1.93. The van der Waals surface area contributed by atoms with E-state index in [0.29, 0.717) is 0 Å². The van der Waals surface area contributed by atoms with Gasteiger partial charge < -0.3 is 15.5 Å². The average molecular weight is 310 g/mol. The number of anilines is 1. The lowest BCUT2D eigenvalue weighted by atomic mass is 10.1. The minimum absolute atomic E-state index is 0.0581. The summed E-state index contributed by atoms with van der Waals surface area (Å²) in [6, 6.07) is 7.22. The average Bonchev–Trinajstić information content (AvgIpc) is 2.41. The molecule has 0 unspecified atom stereocenters. The number of carbonyl (C=O) groups excluding carboxylic acids is 1. The third-order valence-electron chi connectivity index (χ3n) is 2.67. The minimum Gasteiger partial charge on any atom is -0.508 e. The first-order chi connectivity index (χ1) is 9.90. The zero-order valence-corrected chi connectivity index (χ0v) is 11.2. The number of halogens is 2. The van der Waals surface area contributed by atoms with Gasteiger partial charge in [-0.25, -0.2) is 9.18 Å². The Hall–Kier alpha value is -2.60. The number of hydrogen-bond acceptors (Lipinski definition) is 3. The Morgan fingerprint density at radius 2 is 1.90 bits per heavy atom. The highest BCUT2D eigenvalue weighted by Crippen LogP contribution is 2.24. The van der Waals surface area contributed by atoms with Gasteiger partial charge in [0.15, 0.2) is 0 Å². The van der Waals surface area contributed by atoms with Gasteiger partial charge in [-0.3, -0.25) is 4.79 Å². The van der Waals surface area contributed by atoms with Crippen molar-refractivity contribution >= 4 is 29.2 Å². The van der Waals surface area contributed by atoms with Crippen molar-refractivity contribution in [3.8, 4) is 5.75 Å². The van der Waals surface area contributed by atoms with Crippen LogP contribution >= 0.6 is 11.6 Å². The number of aromatic carboxylic acids is 1. The molecule has 0 aliphatic carbocycles. The van der Waals surface area contributed by atoms with Crippen molar-refractivity contribution < 1.29 is 24.2 Å². The number of amides is 1. The normalized spacial score (nSPS) is 10.2. The number of phenolic OH excluding ortho intramolecular Hbond substituents is 1. The lowest BCUT2D eigenvalue weighted by Gasteiger charge is -2.10. The molecule has 0 atom stereocenters. The largest absolute Gasteiger partial charge is 0.508 e. The highest BCUT2D eigenvalue weighted by molar-refractivity contribution is 6.34. The summed E-state index contributed by atoms with van der Waals surface area (Å²) in [6.07, 6.45) is 0. The van der Waals surface area contributed by atoms with Gasteiger partial charge in [0.05, 0.1) is 16.3 Å². The molecule has 0 fully saturated rings. The standard InChI is InChI=1S/C14H9ClFNO4/c15-9-5-4-7(18)6-8(9)13(19)17-11-3-1-2-10(16)12(11)14(20)21/h1-6,18H,(H,17,19)(H,20,21). The van der Waals surface area contributed by atoms with Gasteiger partial charge in [0.2, 0.25) is 0 Å². The van der Waals surface area contributed by atoms with E-state index < -0.39 is 23.3 Å². The quantitative estimate of drug-likeness (QED) is 0.813. The van der Waals surface area contributed by atoms with E-state index in [1.807, 2.05) is 0 Å². The Bertz CT molecular complexity index is 733. The van der Waals surface area contributed by atoms with Crippen molar-refractivity contribution in [2.75, 3.05) is 5.32 Å². The number of nitrogens with one attached hydrogen (secondary N) is 1. The van der Waals surface area contributed by atoms with Crippen LogP contribution in [0.25, 0.3) is 0 Å². The van der Waals surface area contributed by atoms with Crippen LogP contribution in [-0.4, -0.2) is 22.1 Å². The molecule has 2 aromatic rings. The van der Waals surface area contributed by atoms with Crippen LogP contribution in [0, 0.1) is 5.82 Å². The number of rotatable bonds is 3. The van der Waals surface area contributed by atoms with E-state index in [9.17, 15) is 19.1 Å². The molecule has 7 heteroatoms. The number of benzene rings is 2. The predicted molar refractivity (Wildman–Crippen MR) is 74.4 cm³/mol. The van der Waals surface area contributed by atoms with Gasteiger partial charge >= 0.3 is 5.97 Å². The number of carboxylic acids is 1. The molecule has 1 amide bonds. The topological polar surface area (TPSA) is 86.6 Å². The molecule has 0 aliphatic rings. The van der Waals surface area contributed by atoms with Crippen LogP contribution < -0.4 is 5.32 Å². The molecule has 21 heavy (non-hydrogen) atoms. The predicted octanol–water partition coefficient (Wildman–Crippen LogP) is 3.14. The van der Waals surface area contributed by atoms with Crippen LogP contribution in [0.3, 0.4) is 0 Å². The van der Waals surface area contributed by atoms with E-state index in [1.165, 1.54) is 24.3 Å². The van der Waals surface area contributed by atoms with E-state index >= 15 is 0 Å². The van der Waals surface area contributed by atoms with E-state index in [0.717, 1.165) is 12.1 Å². The van der Waals surface area contributed by atoms with E-state index in [-0.39, 0.29) is 22.0 Å². The smallest absolute Gasteiger partial charge is 0.340 e. The number of aromatic hydroxyl groups is 1. The maximum Gasteiger partial charge on any atom is 0.340 e. The Balaban J connectivity index is 2.39. The number of carboxylic acid groups (broad SMARTS) is 1. The van der Waals surface area contributed by atoms with Crippen molar-refractivity contribution in [3.05, 3.63) is 58.4 Å². The van der Waals surface area contributed by atoms with Gasteiger partial charge in [0.25, 0.3) is 5.91 Å². The summed E-state index contributed by atoms with van der Waals surface area (Å²) in [7, 11) is 0. The minimum atomic E-state index is -1.51. The second-order valence-electron chi connectivity index (χ2n) is 4.09. The molecule has 0 saturated carbocycles. The number of hydrogen-bond donors (Lipinski definition) is 3. The first kappa shape index (κ1) is 14.8. The summed E-state index contributed by atoms with van der Waals surface area (Å²) in [5, 5.41) is 20.6.